The van der Waals surface area contributed by atoms with Gasteiger partial charge in [0.1, 0.15) is 0 Å². The molecule has 2 amide bonds. The standard InChI is InChI=1S/C22H26N2O5S2/c25-12(26)5-4-8-24-19(27)13-10-9-11(14(13)20(24)28)16-15(10)22(6-2-1-3-7-22)17-18(30-16)23-21(29)31-17/h10-11,13-16H,1-9H2,(H,23,29)(H,25,26). The van der Waals surface area contributed by atoms with E-state index in [0.717, 1.165) is 37.1 Å². The second kappa shape index (κ2) is 6.94. The lowest BCUT2D eigenvalue weighted by Crippen LogP contribution is -2.51. The number of carbonyl (C=O) groups is 3. The highest BCUT2D eigenvalue weighted by Gasteiger charge is 2.71. The molecule has 1 aromatic heterocycles. The van der Waals surface area contributed by atoms with Gasteiger partial charge in [-0.05, 0) is 43.4 Å². The molecule has 1 aromatic rings. The van der Waals surface area contributed by atoms with Crippen molar-refractivity contribution >= 4 is 40.9 Å². The Labute approximate surface area is 188 Å². The summed E-state index contributed by atoms with van der Waals surface area (Å²) in [6, 6.07) is 0. The third-order valence-corrected chi connectivity index (χ3v) is 11.4. The van der Waals surface area contributed by atoms with Crippen LogP contribution in [0.3, 0.4) is 0 Å². The summed E-state index contributed by atoms with van der Waals surface area (Å²) in [4.78, 5) is 55.4. The van der Waals surface area contributed by atoms with Gasteiger partial charge in [-0.2, -0.15) is 0 Å². The van der Waals surface area contributed by atoms with Crippen molar-refractivity contribution in [2.24, 2.45) is 29.6 Å². The Morgan fingerprint density at radius 3 is 2.52 bits per heavy atom. The molecule has 0 aromatic carbocycles. The molecule has 9 heteroatoms. The number of imide groups is 1. The molecule has 6 unspecified atom stereocenters. The van der Waals surface area contributed by atoms with Gasteiger partial charge in [0.2, 0.25) is 11.8 Å². The molecule has 1 spiro atoms. The highest BCUT2D eigenvalue weighted by molar-refractivity contribution is 8.00. The molecule has 4 fully saturated rings. The lowest BCUT2D eigenvalue weighted by Gasteiger charge is -2.52. The Kier molecular flexibility index (Phi) is 4.49. The zero-order valence-electron chi connectivity index (χ0n) is 17.2. The van der Waals surface area contributed by atoms with Crippen molar-refractivity contribution in [1.82, 2.24) is 9.88 Å². The molecule has 5 aliphatic rings. The molecule has 6 rings (SSSR count). The van der Waals surface area contributed by atoms with Crippen LogP contribution in [0, 0.1) is 29.6 Å². The third kappa shape index (κ3) is 2.65. The van der Waals surface area contributed by atoms with Crippen LogP contribution in [0.1, 0.15) is 56.2 Å². The predicted molar refractivity (Wildman–Crippen MR) is 115 cm³/mol. The van der Waals surface area contributed by atoms with E-state index in [1.165, 1.54) is 27.5 Å². The van der Waals surface area contributed by atoms with E-state index in [1.807, 2.05) is 0 Å². The van der Waals surface area contributed by atoms with E-state index in [-0.39, 0.29) is 64.0 Å². The summed E-state index contributed by atoms with van der Waals surface area (Å²) in [6.45, 7) is 0.213. The number of thioether (sulfide) groups is 1. The Morgan fingerprint density at radius 1 is 1.10 bits per heavy atom. The van der Waals surface area contributed by atoms with Crippen molar-refractivity contribution in [1.29, 1.82) is 0 Å². The maximum atomic E-state index is 13.4. The number of hydrogen-bond donors (Lipinski definition) is 2. The van der Waals surface area contributed by atoms with Gasteiger partial charge >= 0.3 is 10.8 Å². The lowest BCUT2D eigenvalue weighted by molar-refractivity contribution is -0.142. The van der Waals surface area contributed by atoms with Gasteiger partial charge in [-0.3, -0.25) is 24.1 Å². The van der Waals surface area contributed by atoms with Crippen molar-refractivity contribution in [3.05, 3.63) is 14.5 Å². The molecule has 6 atom stereocenters. The Morgan fingerprint density at radius 2 is 1.81 bits per heavy atom. The van der Waals surface area contributed by atoms with E-state index >= 15 is 0 Å². The number of carboxylic acid groups (broad SMARTS) is 1. The van der Waals surface area contributed by atoms with Crippen LogP contribution in [-0.4, -0.2) is 44.6 Å². The number of thiazole rings is 1. The van der Waals surface area contributed by atoms with E-state index in [9.17, 15) is 19.2 Å². The average molecular weight is 463 g/mol. The summed E-state index contributed by atoms with van der Waals surface area (Å²) in [7, 11) is 0. The van der Waals surface area contributed by atoms with Crippen molar-refractivity contribution in [2.75, 3.05) is 6.54 Å². The summed E-state index contributed by atoms with van der Waals surface area (Å²) >= 11 is 3.11. The minimum atomic E-state index is -0.902. The second-order valence-electron chi connectivity index (χ2n) is 9.94. The van der Waals surface area contributed by atoms with Crippen LogP contribution in [0.4, 0.5) is 0 Å². The van der Waals surface area contributed by atoms with Gasteiger partial charge < -0.3 is 10.1 Å². The topological polar surface area (TPSA) is 108 Å². The number of fused-ring (bicyclic) bond motifs is 11. The monoisotopic (exact) mass is 462 g/mol. The van der Waals surface area contributed by atoms with Crippen molar-refractivity contribution in [3.8, 4) is 0 Å². The first-order valence-corrected chi connectivity index (χ1v) is 13.1. The van der Waals surface area contributed by atoms with Gasteiger partial charge in [-0.25, -0.2) is 0 Å². The second-order valence-corrected chi connectivity index (χ2v) is 12.1. The molecule has 2 bridgehead atoms. The molecule has 3 heterocycles. The number of H-pyrrole nitrogens is 1. The predicted octanol–water partition coefficient (Wildman–Crippen LogP) is 2.84. The van der Waals surface area contributed by atoms with E-state index < -0.39 is 5.97 Å². The SMILES string of the molecule is O=C(O)CCCN1C(=O)C2C3CC(C2C1=O)C1C3Sc2[nH]c(=O)sc2C12CCCCC2. The number of carbonyl (C=O) groups excluding carboxylic acids is 2. The number of rotatable bonds is 4. The van der Waals surface area contributed by atoms with E-state index in [2.05, 4.69) is 4.98 Å². The fourth-order valence-electron chi connectivity index (χ4n) is 7.75. The van der Waals surface area contributed by atoms with Crippen molar-refractivity contribution in [3.63, 3.8) is 0 Å². The van der Waals surface area contributed by atoms with Crippen LogP contribution in [-0.2, 0) is 19.8 Å². The molecule has 2 aliphatic heterocycles. The van der Waals surface area contributed by atoms with Gasteiger partial charge in [0.25, 0.3) is 0 Å². The van der Waals surface area contributed by atoms with E-state index in [0.29, 0.717) is 12.3 Å². The summed E-state index contributed by atoms with van der Waals surface area (Å²) in [5, 5.41) is 10.2. The number of likely N-dealkylation sites (tertiary alicyclic amines) is 1. The number of carboxylic acids is 1. The minimum absolute atomic E-state index is 0.00622. The number of aliphatic carboxylic acids is 1. The van der Waals surface area contributed by atoms with Crippen LogP contribution in [0.25, 0.3) is 0 Å². The zero-order chi connectivity index (χ0) is 21.5. The fourth-order valence-corrected chi connectivity index (χ4v) is 10.9. The maximum Gasteiger partial charge on any atom is 0.305 e. The number of aromatic nitrogens is 1. The number of nitrogens with one attached hydrogen (secondary N) is 1. The number of aromatic amines is 1. The van der Waals surface area contributed by atoms with Gasteiger partial charge in [-0.15, -0.1) is 11.8 Å². The number of hydrogen-bond acceptors (Lipinski definition) is 6. The van der Waals surface area contributed by atoms with Crippen LogP contribution < -0.4 is 4.87 Å². The van der Waals surface area contributed by atoms with Gasteiger partial charge in [0, 0.05) is 28.5 Å². The molecular formula is C22H26N2O5S2. The van der Waals surface area contributed by atoms with Crippen molar-refractivity contribution < 1.29 is 19.5 Å². The van der Waals surface area contributed by atoms with E-state index in [4.69, 9.17) is 5.11 Å². The first kappa shape index (κ1) is 20.0. The summed E-state index contributed by atoms with van der Waals surface area (Å²) in [6.07, 6.45) is 6.87. The Balaban J connectivity index is 1.36. The molecule has 166 valence electrons. The third-order valence-electron chi connectivity index (χ3n) is 8.67. The number of nitrogens with zero attached hydrogens (tertiary/aromatic N) is 1. The summed E-state index contributed by atoms with van der Waals surface area (Å²) in [5.74, 6) is -0.869. The molecule has 31 heavy (non-hydrogen) atoms. The highest BCUT2D eigenvalue weighted by atomic mass is 32.2. The first-order chi connectivity index (χ1) is 14.9. The lowest BCUT2D eigenvalue weighted by atomic mass is 9.57. The summed E-state index contributed by atoms with van der Waals surface area (Å²) in [5.41, 5.74) is -0.0300. The van der Waals surface area contributed by atoms with Crippen molar-refractivity contribution in [2.45, 2.75) is 67.1 Å². The molecule has 2 N–H and O–H groups in total. The largest absolute Gasteiger partial charge is 0.481 e. The van der Waals surface area contributed by atoms with Crippen LogP contribution in [0.2, 0.25) is 0 Å². The van der Waals surface area contributed by atoms with Crippen LogP contribution >= 0.6 is 23.1 Å². The Hall–Kier alpha value is -1.61. The van der Waals surface area contributed by atoms with E-state index in [1.54, 1.807) is 11.8 Å². The zero-order valence-corrected chi connectivity index (χ0v) is 18.8. The molecule has 3 aliphatic carbocycles. The Bertz CT molecular complexity index is 1030. The number of amides is 2. The first-order valence-electron chi connectivity index (χ1n) is 11.4. The van der Waals surface area contributed by atoms with Crippen LogP contribution in [0.5, 0.6) is 0 Å². The fraction of sp³-hybridized carbons (Fsp3) is 0.727. The quantitative estimate of drug-likeness (QED) is 0.667. The van der Waals surface area contributed by atoms with Gasteiger partial charge in [0.15, 0.2) is 0 Å². The highest BCUT2D eigenvalue weighted by Crippen LogP contribution is 2.71. The summed E-state index contributed by atoms with van der Waals surface area (Å²) < 4.78 is 0. The van der Waals surface area contributed by atoms with Gasteiger partial charge in [-0.1, -0.05) is 30.6 Å². The minimum Gasteiger partial charge on any atom is -0.481 e. The van der Waals surface area contributed by atoms with Crippen LogP contribution in [0.15, 0.2) is 9.82 Å². The molecule has 7 nitrogen and oxygen atoms in total. The molecule has 0 radical (unpaired) electrons. The maximum absolute atomic E-state index is 13.4. The van der Waals surface area contributed by atoms with Gasteiger partial charge in [0.05, 0.1) is 16.9 Å². The molecule has 3 saturated carbocycles. The normalized spacial score (nSPS) is 37.2. The average Bonchev–Trinajstić information content (AvgIpc) is 3.46. The molecule has 1 saturated heterocycles. The smallest absolute Gasteiger partial charge is 0.305 e. The molecular weight excluding hydrogens is 436 g/mol.